The molecule has 1 aromatic carbocycles. The van der Waals surface area contributed by atoms with Gasteiger partial charge in [0.25, 0.3) is 0 Å². The Hall–Kier alpha value is -1.31. The molecular formula is C10H17N3O3S. The average molecular weight is 259 g/mol. The van der Waals surface area contributed by atoms with Gasteiger partial charge in [0.05, 0.1) is 22.9 Å². The minimum absolute atomic E-state index is 0.0167. The van der Waals surface area contributed by atoms with Crippen LogP contribution in [-0.4, -0.2) is 45.1 Å². The number of hydrogen-bond acceptors (Lipinski definition) is 5. The Bertz CT molecular complexity index is 486. The lowest BCUT2D eigenvalue weighted by atomic mass is 10.2. The molecule has 6 nitrogen and oxygen atoms in total. The fraction of sp³-hybridized carbons (Fsp3) is 0.400. The van der Waals surface area contributed by atoms with Gasteiger partial charge in [0.1, 0.15) is 0 Å². The fourth-order valence-corrected chi connectivity index (χ4v) is 2.20. The highest BCUT2D eigenvalue weighted by Crippen LogP contribution is 2.23. The third kappa shape index (κ3) is 3.09. The summed E-state index contributed by atoms with van der Waals surface area (Å²) in [6.07, 6.45) is 0. The molecule has 7 heteroatoms. The molecule has 0 saturated heterocycles. The van der Waals surface area contributed by atoms with Gasteiger partial charge in [-0.1, -0.05) is 0 Å². The summed E-state index contributed by atoms with van der Waals surface area (Å²) in [6.45, 7) is 0.348. The summed E-state index contributed by atoms with van der Waals surface area (Å²) in [4.78, 5) is 0.148. The van der Waals surface area contributed by atoms with E-state index in [1.165, 1.54) is 26.2 Å². The molecule has 4 N–H and O–H groups in total. The highest BCUT2D eigenvalue weighted by atomic mass is 32.2. The zero-order valence-corrected chi connectivity index (χ0v) is 10.7. The summed E-state index contributed by atoms with van der Waals surface area (Å²) in [7, 11) is -0.537. The summed E-state index contributed by atoms with van der Waals surface area (Å²) in [5.41, 5.74) is 6.67. The van der Waals surface area contributed by atoms with Crippen LogP contribution in [0.25, 0.3) is 0 Å². The first kappa shape index (κ1) is 13.8. The Morgan fingerprint density at radius 2 is 2.06 bits per heavy atom. The molecular weight excluding hydrogens is 242 g/mol. The molecule has 1 rings (SSSR count). The maximum Gasteiger partial charge on any atom is 0.242 e. The predicted octanol–water partition coefficient (Wildman–Crippen LogP) is -0.0767. The number of benzene rings is 1. The first-order chi connectivity index (χ1) is 7.89. The van der Waals surface area contributed by atoms with Crippen molar-refractivity contribution < 1.29 is 13.5 Å². The van der Waals surface area contributed by atoms with Crippen molar-refractivity contribution in [2.24, 2.45) is 0 Å². The molecule has 0 radical (unpaired) electrons. The van der Waals surface area contributed by atoms with E-state index >= 15 is 0 Å². The summed E-state index contributed by atoms with van der Waals surface area (Å²) >= 11 is 0. The monoisotopic (exact) mass is 259 g/mol. The van der Waals surface area contributed by atoms with E-state index < -0.39 is 10.0 Å². The molecule has 0 aliphatic carbocycles. The Kier molecular flexibility index (Phi) is 4.33. The summed E-state index contributed by atoms with van der Waals surface area (Å²) in [5.74, 6) is 0. The van der Waals surface area contributed by atoms with Crippen LogP contribution in [0, 0.1) is 0 Å². The van der Waals surface area contributed by atoms with Crippen molar-refractivity contribution in [3.05, 3.63) is 18.2 Å². The zero-order valence-electron chi connectivity index (χ0n) is 9.84. The number of aliphatic hydroxyl groups excluding tert-OH is 1. The minimum atomic E-state index is -3.46. The molecule has 0 fully saturated rings. The molecule has 0 atom stereocenters. The summed E-state index contributed by atoms with van der Waals surface area (Å²) < 4.78 is 24.8. The summed E-state index contributed by atoms with van der Waals surface area (Å²) in [6, 6.07) is 4.46. The van der Waals surface area contributed by atoms with Gasteiger partial charge in [-0.3, -0.25) is 0 Å². The van der Waals surface area contributed by atoms with Crippen LogP contribution in [0.4, 0.5) is 11.4 Å². The van der Waals surface area contributed by atoms with Crippen molar-refractivity contribution in [2.75, 3.05) is 38.3 Å². The second-order valence-electron chi connectivity index (χ2n) is 3.69. The molecule has 0 amide bonds. The first-order valence-corrected chi connectivity index (χ1v) is 6.50. The highest BCUT2D eigenvalue weighted by molar-refractivity contribution is 7.89. The molecule has 0 heterocycles. The van der Waals surface area contributed by atoms with Crippen LogP contribution >= 0.6 is 0 Å². The van der Waals surface area contributed by atoms with Gasteiger partial charge < -0.3 is 16.2 Å². The molecule has 1 aromatic rings. The molecule has 0 saturated carbocycles. The van der Waals surface area contributed by atoms with Crippen molar-refractivity contribution in [1.29, 1.82) is 0 Å². The third-order valence-electron chi connectivity index (χ3n) is 2.23. The molecule has 0 spiro atoms. The average Bonchev–Trinajstić information content (AvgIpc) is 2.27. The minimum Gasteiger partial charge on any atom is -0.397 e. The molecule has 0 bridgehead atoms. The lowest BCUT2D eigenvalue weighted by molar-refractivity contribution is 0.311. The number of rotatable bonds is 5. The number of anilines is 2. The number of nitrogens with one attached hydrogen (secondary N) is 1. The van der Waals surface area contributed by atoms with Crippen LogP contribution in [-0.2, 0) is 10.0 Å². The first-order valence-electron chi connectivity index (χ1n) is 5.06. The van der Waals surface area contributed by atoms with Crippen LogP contribution < -0.4 is 11.1 Å². The predicted molar refractivity (Wildman–Crippen MR) is 67.3 cm³/mol. The van der Waals surface area contributed by atoms with E-state index in [0.717, 1.165) is 4.31 Å². The Labute approximate surface area is 101 Å². The fourth-order valence-electron chi connectivity index (χ4n) is 1.26. The van der Waals surface area contributed by atoms with Gasteiger partial charge in [-0.05, 0) is 18.2 Å². The number of hydrogen-bond donors (Lipinski definition) is 3. The van der Waals surface area contributed by atoms with E-state index in [2.05, 4.69) is 5.32 Å². The van der Waals surface area contributed by atoms with E-state index in [1.807, 2.05) is 0 Å². The maximum atomic E-state index is 11.8. The van der Waals surface area contributed by atoms with Crippen molar-refractivity contribution in [3.8, 4) is 0 Å². The van der Waals surface area contributed by atoms with Crippen LogP contribution in [0.15, 0.2) is 23.1 Å². The highest BCUT2D eigenvalue weighted by Gasteiger charge is 2.17. The Balaban J connectivity index is 3.05. The van der Waals surface area contributed by atoms with Gasteiger partial charge in [0.2, 0.25) is 10.0 Å². The van der Waals surface area contributed by atoms with Gasteiger partial charge in [0, 0.05) is 20.6 Å². The van der Waals surface area contributed by atoms with Gasteiger partial charge in [0.15, 0.2) is 0 Å². The van der Waals surface area contributed by atoms with Crippen molar-refractivity contribution in [1.82, 2.24) is 4.31 Å². The van der Waals surface area contributed by atoms with E-state index in [9.17, 15) is 8.42 Å². The largest absolute Gasteiger partial charge is 0.397 e. The Morgan fingerprint density at radius 1 is 1.41 bits per heavy atom. The normalized spacial score (nSPS) is 11.8. The lowest BCUT2D eigenvalue weighted by Gasteiger charge is -2.13. The van der Waals surface area contributed by atoms with E-state index in [-0.39, 0.29) is 11.5 Å². The van der Waals surface area contributed by atoms with E-state index in [0.29, 0.717) is 17.9 Å². The zero-order chi connectivity index (χ0) is 13.1. The number of aliphatic hydroxyl groups is 1. The number of nitrogens with two attached hydrogens (primary N) is 1. The standard InChI is InChI=1S/C10H17N3O3S/c1-13(2)17(15,16)8-3-4-10(9(11)7-8)12-5-6-14/h3-4,7,12,14H,5-6,11H2,1-2H3. The quantitative estimate of drug-likeness (QED) is 0.643. The van der Waals surface area contributed by atoms with Gasteiger partial charge in [-0.15, -0.1) is 0 Å². The molecule has 0 aliphatic rings. The van der Waals surface area contributed by atoms with Crippen LogP contribution in [0.3, 0.4) is 0 Å². The van der Waals surface area contributed by atoms with E-state index in [4.69, 9.17) is 10.8 Å². The van der Waals surface area contributed by atoms with Crippen LogP contribution in [0.1, 0.15) is 0 Å². The van der Waals surface area contributed by atoms with Crippen molar-refractivity contribution in [2.45, 2.75) is 4.90 Å². The molecule has 0 aromatic heterocycles. The lowest BCUT2D eigenvalue weighted by Crippen LogP contribution is -2.22. The smallest absolute Gasteiger partial charge is 0.242 e. The third-order valence-corrected chi connectivity index (χ3v) is 4.04. The Morgan fingerprint density at radius 3 is 2.53 bits per heavy atom. The number of nitrogen functional groups attached to an aromatic ring is 1. The molecule has 0 unspecified atom stereocenters. The maximum absolute atomic E-state index is 11.8. The number of sulfonamides is 1. The molecule has 0 aliphatic heterocycles. The second-order valence-corrected chi connectivity index (χ2v) is 5.84. The second kappa shape index (κ2) is 5.35. The van der Waals surface area contributed by atoms with Crippen LogP contribution in [0.5, 0.6) is 0 Å². The molecule has 96 valence electrons. The van der Waals surface area contributed by atoms with E-state index in [1.54, 1.807) is 6.07 Å². The van der Waals surface area contributed by atoms with Gasteiger partial charge >= 0.3 is 0 Å². The van der Waals surface area contributed by atoms with Gasteiger partial charge in [-0.25, -0.2) is 12.7 Å². The number of nitrogens with zero attached hydrogens (tertiary/aromatic N) is 1. The van der Waals surface area contributed by atoms with Gasteiger partial charge in [-0.2, -0.15) is 0 Å². The topological polar surface area (TPSA) is 95.7 Å². The van der Waals surface area contributed by atoms with Crippen LogP contribution in [0.2, 0.25) is 0 Å². The SMILES string of the molecule is CN(C)S(=O)(=O)c1ccc(NCCO)c(N)c1. The summed E-state index contributed by atoms with van der Waals surface area (Å²) in [5, 5.41) is 11.6. The van der Waals surface area contributed by atoms with Crippen molar-refractivity contribution >= 4 is 21.4 Å². The van der Waals surface area contributed by atoms with Crippen molar-refractivity contribution in [3.63, 3.8) is 0 Å². The molecule has 17 heavy (non-hydrogen) atoms.